The van der Waals surface area contributed by atoms with Crippen molar-refractivity contribution in [3.63, 3.8) is 0 Å². The van der Waals surface area contributed by atoms with E-state index < -0.39 is 0 Å². The quantitative estimate of drug-likeness (QED) is 0.849. The normalized spacial score (nSPS) is 12.6. The van der Waals surface area contributed by atoms with Gasteiger partial charge in [-0.2, -0.15) is 4.80 Å². The molecule has 0 bridgehead atoms. The van der Waals surface area contributed by atoms with E-state index >= 15 is 0 Å². The van der Waals surface area contributed by atoms with Crippen molar-refractivity contribution in [3.8, 4) is 11.4 Å². The molecule has 90 valence electrons. The lowest BCUT2D eigenvalue weighted by atomic mass is 10.2. The first-order valence-corrected chi connectivity index (χ1v) is 5.90. The summed E-state index contributed by atoms with van der Waals surface area (Å²) >= 11 is 0. The molecule has 0 radical (unpaired) electrons. The molecule has 17 heavy (non-hydrogen) atoms. The molecule has 1 unspecified atom stereocenters. The lowest BCUT2D eigenvalue weighted by molar-refractivity contribution is 0.378. The van der Waals surface area contributed by atoms with Crippen molar-refractivity contribution < 1.29 is 0 Å². The van der Waals surface area contributed by atoms with E-state index in [0.29, 0.717) is 12.4 Å². The van der Waals surface area contributed by atoms with Gasteiger partial charge in [0.1, 0.15) is 0 Å². The average Bonchev–Trinajstić information content (AvgIpc) is 2.86. The summed E-state index contributed by atoms with van der Waals surface area (Å²) in [6.07, 6.45) is 2.03. The Balaban J connectivity index is 2.21. The van der Waals surface area contributed by atoms with Gasteiger partial charge in [0, 0.05) is 12.1 Å². The monoisotopic (exact) mass is 231 g/mol. The second kappa shape index (κ2) is 5.54. The molecule has 1 heterocycles. The van der Waals surface area contributed by atoms with E-state index in [1.807, 2.05) is 30.3 Å². The van der Waals surface area contributed by atoms with Crippen LogP contribution in [0, 0.1) is 0 Å². The fraction of sp³-hybridized carbons (Fsp3) is 0.417. The summed E-state index contributed by atoms with van der Waals surface area (Å²) in [5, 5.41) is 12.5. The summed E-state index contributed by atoms with van der Waals surface area (Å²) in [5.74, 6) is 0.653. The largest absolute Gasteiger partial charge is 0.328 e. The minimum Gasteiger partial charge on any atom is -0.328 e. The lowest BCUT2D eigenvalue weighted by Crippen LogP contribution is -2.21. The van der Waals surface area contributed by atoms with Gasteiger partial charge >= 0.3 is 0 Å². The molecule has 1 aromatic carbocycles. The number of tetrazole rings is 1. The van der Waals surface area contributed by atoms with Gasteiger partial charge in [-0.3, -0.25) is 0 Å². The molecule has 0 saturated heterocycles. The van der Waals surface area contributed by atoms with Crippen LogP contribution in [0.25, 0.3) is 11.4 Å². The van der Waals surface area contributed by atoms with Gasteiger partial charge < -0.3 is 5.73 Å². The molecule has 5 heteroatoms. The minimum atomic E-state index is 0.143. The molecule has 0 amide bonds. The Morgan fingerprint density at radius 3 is 2.71 bits per heavy atom. The first-order chi connectivity index (χ1) is 8.35. The van der Waals surface area contributed by atoms with Crippen molar-refractivity contribution in [2.24, 2.45) is 5.73 Å². The Hall–Kier alpha value is -1.75. The highest BCUT2D eigenvalue weighted by Crippen LogP contribution is 2.15. The van der Waals surface area contributed by atoms with Gasteiger partial charge in [0.25, 0.3) is 0 Å². The number of rotatable bonds is 5. The third kappa shape index (κ3) is 2.68. The van der Waals surface area contributed by atoms with Gasteiger partial charge in [-0.25, -0.2) is 0 Å². The van der Waals surface area contributed by atoms with E-state index in [0.717, 1.165) is 18.4 Å². The molecular formula is C12H17N5. The highest BCUT2D eigenvalue weighted by atomic mass is 15.6. The predicted molar refractivity (Wildman–Crippen MR) is 66.3 cm³/mol. The molecule has 1 atom stereocenters. The van der Waals surface area contributed by atoms with Crippen LogP contribution in [0.3, 0.4) is 0 Å². The number of nitrogens with two attached hydrogens (primary N) is 1. The van der Waals surface area contributed by atoms with Crippen LogP contribution >= 0.6 is 0 Å². The van der Waals surface area contributed by atoms with Gasteiger partial charge in [0.2, 0.25) is 5.82 Å². The van der Waals surface area contributed by atoms with Crippen LogP contribution in [0.1, 0.15) is 25.8 Å². The number of nitrogens with zero attached hydrogens (tertiary/aromatic N) is 4. The Labute approximate surface area is 101 Å². The highest BCUT2D eigenvalue weighted by molar-refractivity contribution is 5.52. The van der Waals surface area contributed by atoms with Crippen molar-refractivity contribution in [2.45, 2.75) is 25.8 Å². The predicted octanol–water partition coefficient (Wildman–Crippen LogP) is 1.64. The zero-order valence-electron chi connectivity index (χ0n) is 9.95. The minimum absolute atomic E-state index is 0.143. The third-order valence-electron chi connectivity index (χ3n) is 2.68. The summed E-state index contributed by atoms with van der Waals surface area (Å²) in [7, 11) is 0. The van der Waals surface area contributed by atoms with Crippen LogP contribution < -0.4 is 5.73 Å². The van der Waals surface area contributed by atoms with E-state index in [9.17, 15) is 0 Å². The zero-order valence-corrected chi connectivity index (χ0v) is 9.95. The molecule has 0 spiro atoms. The Kier molecular flexibility index (Phi) is 3.82. The van der Waals surface area contributed by atoms with Crippen molar-refractivity contribution in [1.29, 1.82) is 0 Å². The molecule has 2 N–H and O–H groups in total. The van der Waals surface area contributed by atoms with Crippen molar-refractivity contribution in [3.05, 3.63) is 30.3 Å². The molecule has 2 aromatic rings. The lowest BCUT2D eigenvalue weighted by Gasteiger charge is -2.10. The van der Waals surface area contributed by atoms with E-state index in [4.69, 9.17) is 5.73 Å². The van der Waals surface area contributed by atoms with Gasteiger partial charge in [-0.1, -0.05) is 43.7 Å². The molecule has 0 aliphatic carbocycles. The smallest absolute Gasteiger partial charge is 0.204 e. The third-order valence-corrected chi connectivity index (χ3v) is 2.68. The fourth-order valence-electron chi connectivity index (χ4n) is 1.74. The number of hydrogen-bond acceptors (Lipinski definition) is 4. The van der Waals surface area contributed by atoms with Gasteiger partial charge in [0.15, 0.2) is 0 Å². The first-order valence-electron chi connectivity index (χ1n) is 5.90. The SMILES string of the molecule is CCCC(CN)n1nnc(-c2ccccc2)n1. The summed E-state index contributed by atoms with van der Waals surface area (Å²) in [6.45, 7) is 2.66. The van der Waals surface area contributed by atoms with Crippen LogP contribution in [-0.2, 0) is 0 Å². The number of hydrogen-bond donors (Lipinski definition) is 1. The first kappa shape index (κ1) is 11.7. The molecule has 1 aromatic heterocycles. The van der Waals surface area contributed by atoms with Crippen molar-refractivity contribution in [2.75, 3.05) is 6.54 Å². The molecule has 0 aliphatic rings. The van der Waals surface area contributed by atoms with Gasteiger partial charge in [-0.15, -0.1) is 10.2 Å². The maximum absolute atomic E-state index is 5.71. The van der Waals surface area contributed by atoms with Gasteiger partial charge in [0.05, 0.1) is 6.04 Å². The molecular weight excluding hydrogens is 214 g/mol. The Morgan fingerprint density at radius 1 is 1.29 bits per heavy atom. The second-order valence-corrected chi connectivity index (χ2v) is 3.98. The maximum atomic E-state index is 5.71. The summed E-state index contributed by atoms with van der Waals surface area (Å²) in [4.78, 5) is 1.63. The Morgan fingerprint density at radius 2 is 2.06 bits per heavy atom. The van der Waals surface area contributed by atoms with Crippen LogP contribution in [-0.4, -0.2) is 26.8 Å². The number of aromatic nitrogens is 4. The molecule has 0 saturated carbocycles. The molecule has 2 rings (SSSR count). The van der Waals surface area contributed by atoms with Crippen LogP contribution in [0.4, 0.5) is 0 Å². The van der Waals surface area contributed by atoms with Crippen LogP contribution in [0.15, 0.2) is 30.3 Å². The van der Waals surface area contributed by atoms with Crippen LogP contribution in [0.5, 0.6) is 0 Å². The van der Waals surface area contributed by atoms with Crippen molar-refractivity contribution >= 4 is 0 Å². The van der Waals surface area contributed by atoms with Crippen LogP contribution in [0.2, 0.25) is 0 Å². The molecule has 0 aliphatic heterocycles. The van der Waals surface area contributed by atoms with E-state index in [1.54, 1.807) is 4.80 Å². The standard InChI is InChI=1S/C12H17N5/c1-2-6-11(9-13)17-15-12(14-16-17)10-7-4-3-5-8-10/h3-5,7-8,11H,2,6,9,13H2,1H3. The topological polar surface area (TPSA) is 69.6 Å². The van der Waals surface area contributed by atoms with E-state index in [1.165, 1.54) is 0 Å². The van der Waals surface area contributed by atoms with Crippen molar-refractivity contribution in [1.82, 2.24) is 20.2 Å². The highest BCUT2D eigenvalue weighted by Gasteiger charge is 2.12. The molecule has 5 nitrogen and oxygen atoms in total. The summed E-state index contributed by atoms with van der Waals surface area (Å²) in [6, 6.07) is 9.97. The average molecular weight is 231 g/mol. The number of benzene rings is 1. The van der Waals surface area contributed by atoms with E-state index in [-0.39, 0.29) is 6.04 Å². The summed E-state index contributed by atoms with van der Waals surface area (Å²) in [5.41, 5.74) is 6.69. The molecule has 0 fully saturated rings. The second-order valence-electron chi connectivity index (χ2n) is 3.98. The fourth-order valence-corrected chi connectivity index (χ4v) is 1.74. The maximum Gasteiger partial charge on any atom is 0.204 e. The summed E-state index contributed by atoms with van der Waals surface area (Å²) < 4.78 is 0. The van der Waals surface area contributed by atoms with E-state index in [2.05, 4.69) is 22.3 Å². The zero-order chi connectivity index (χ0) is 12.1. The Bertz CT molecular complexity index is 451. The van der Waals surface area contributed by atoms with Gasteiger partial charge in [-0.05, 0) is 11.6 Å².